The SMILES string of the molecule is COC(=O)COc1cccc(NC(=O)c2ccoc2Br)c1. The Morgan fingerprint density at radius 2 is 2.14 bits per heavy atom. The van der Waals surface area contributed by atoms with Gasteiger partial charge in [-0.2, -0.15) is 0 Å². The van der Waals surface area contributed by atoms with E-state index in [0.29, 0.717) is 21.7 Å². The number of amides is 1. The number of carbonyl (C=O) groups excluding carboxylic acids is 2. The van der Waals surface area contributed by atoms with Crippen molar-refractivity contribution < 1.29 is 23.5 Å². The molecule has 1 aromatic carbocycles. The zero-order valence-electron chi connectivity index (χ0n) is 11.1. The maximum atomic E-state index is 12.0. The number of ether oxygens (including phenoxy) is 2. The predicted octanol–water partition coefficient (Wildman–Crippen LogP) is 2.85. The van der Waals surface area contributed by atoms with Crippen LogP contribution in [-0.2, 0) is 9.53 Å². The first kappa shape index (κ1) is 15.1. The average Bonchev–Trinajstić information content (AvgIpc) is 2.91. The zero-order valence-corrected chi connectivity index (χ0v) is 12.7. The molecule has 0 aliphatic rings. The van der Waals surface area contributed by atoms with E-state index in [9.17, 15) is 9.59 Å². The molecule has 0 aliphatic carbocycles. The first-order chi connectivity index (χ1) is 10.1. The van der Waals surface area contributed by atoms with Gasteiger partial charge in [0.15, 0.2) is 11.3 Å². The van der Waals surface area contributed by atoms with Crippen LogP contribution in [0.4, 0.5) is 5.69 Å². The van der Waals surface area contributed by atoms with Gasteiger partial charge in [0.1, 0.15) is 5.75 Å². The highest BCUT2D eigenvalue weighted by Crippen LogP contribution is 2.21. The Morgan fingerprint density at radius 3 is 2.81 bits per heavy atom. The quantitative estimate of drug-likeness (QED) is 0.836. The van der Waals surface area contributed by atoms with Crippen LogP contribution >= 0.6 is 15.9 Å². The van der Waals surface area contributed by atoms with E-state index in [1.54, 1.807) is 30.3 Å². The largest absolute Gasteiger partial charge is 0.482 e. The third-order valence-corrected chi connectivity index (χ3v) is 3.15. The molecular formula is C14H12BrNO5. The third kappa shape index (κ3) is 4.09. The van der Waals surface area contributed by atoms with Crippen LogP contribution in [0.2, 0.25) is 0 Å². The highest BCUT2D eigenvalue weighted by molar-refractivity contribution is 9.10. The molecule has 0 aliphatic heterocycles. The van der Waals surface area contributed by atoms with Crippen molar-refractivity contribution in [3.8, 4) is 5.75 Å². The molecule has 1 amide bonds. The summed E-state index contributed by atoms with van der Waals surface area (Å²) in [6.07, 6.45) is 1.41. The summed E-state index contributed by atoms with van der Waals surface area (Å²) in [6.45, 7) is -0.193. The molecule has 0 saturated carbocycles. The second-order valence-corrected chi connectivity index (χ2v) is 4.67. The predicted molar refractivity (Wildman–Crippen MR) is 78.3 cm³/mol. The number of furan rings is 1. The van der Waals surface area contributed by atoms with Crippen molar-refractivity contribution >= 4 is 33.5 Å². The highest BCUT2D eigenvalue weighted by Gasteiger charge is 2.13. The Hall–Kier alpha value is -2.28. The first-order valence-electron chi connectivity index (χ1n) is 5.94. The van der Waals surface area contributed by atoms with Crippen molar-refractivity contribution in [2.45, 2.75) is 0 Å². The summed E-state index contributed by atoms with van der Waals surface area (Å²) in [4.78, 5) is 23.0. The Bertz CT molecular complexity index is 652. The number of rotatable bonds is 5. The van der Waals surface area contributed by atoms with Crippen molar-refractivity contribution in [3.63, 3.8) is 0 Å². The van der Waals surface area contributed by atoms with Crippen LogP contribution in [0.3, 0.4) is 0 Å². The van der Waals surface area contributed by atoms with Gasteiger partial charge in [-0.15, -0.1) is 0 Å². The smallest absolute Gasteiger partial charge is 0.343 e. The van der Waals surface area contributed by atoms with Gasteiger partial charge in [0.25, 0.3) is 5.91 Å². The number of halogens is 1. The number of esters is 1. The van der Waals surface area contributed by atoms with Gasteiger partial charge in [-0.25, -0.2) is 4.79 Å². The molecule has 0 spiro atoms. The number of methoxy groups -OCH3 is 1. The Kier molecular flexibility index (Phi) is 4.99. The lowest BCUT2D eigenvalue weighted by molar-refractivity contribution is -0.142. The van der Waals surface area contributed by atoms with E-state index >= 15 is 0 Å². The van der Waals surface area contributed by atoms with Gasteiger partial charge < -0.3 is 19.2 Å². The van der Waals surface area contributed by atoms with Gasteiger partial charge in [0.2, 0.25) is 0 Å². The minimum Gasteiger partial charge on any atom is -0.482 e. The van der Waals surface area contributed by atoms with Gasteiger partial charge in [-0.1, -0.05) is 6.07 Å². The molecule has 1 heterocycles. The van der Waals surface area contributed by atoms with Crippen LogP contribution in [0.25, 0.3) is 0 Å². The number of nitrogens with one attached hydrogen (secondary N) is 1. The van der Waals surface area contributed by atoms with Crippen LogP contribution in [-0.4, -0.2) is 25.6 Å². The normalized spacial score (nSPS) is 10.0. The van der Waals surface area contributed by atoms with Crippen LogP contribution in [0.1, 0.15) is 10.4 Å². The molecule has 0 fully saturated rings. The van der Waals surface area contributed by atoms with Crippen molar-refractivity contribution in [2.24, 2.45) is 0 Å². The molecule has 1 N–H and O–H groups in total. The van der Waals surface area contributed by atoms with Crippen LogP contribution < -0.4 is 10.1 Å². The van der Waals surface area contributed by atoms with Crippen LogP contribution in [0, 0.1) is 0 Å². The summed E-state index contributed by atoms with van der Waals surface area (Å²) >= 11 is 3.14. The zero-order chi connectivity index (χ0) is 15.2. The summed E-state index contributed by atoms with van der Waals surface area (Å²) in [5.74, 6) is -0.350. The van der Waals surface area contributed by atoms with E-state index in [1.165, 1.54) is 13.4 Å². The molecule has 1 aromatic heterocycles. The van der Waals surface area contributed by atoms with Crippen molar-refractivity contribution in [1.29, 1.82) is 0 Å². The van der Waals surface area contributed by atoms with Crippen LogP contribution in [0.5, 0.6) is 5.75 Å². The summed E-state index contributed by atoms with van der Waals surface area (Å²) in [5.41, 5.74) is 0.923. The molecule has 6 nitrogen and oxygen atoms in total. The molecule has 2 rings (SSSR count). The Morgan fingerprint density at radius 1 is 1.33 bits per heavy atom. The van der Waals surface area contributed by atoms with Crippen LogP contribution in [0.15, 0.2) is 45.7 Å². The van der Waals surface area contributed by atoms with Gasteiger partial charge in [-0.3, -0.25) is 4.79 Å². The van der Waals surface area contributed by atoms with E-state index < -0.39 is 5.97 Å². The van der Waals surface area contributed by atoms with Gasteiger partial charge in [0.05, 0.1) is 18.9 Å². The summed E-state index contributed by atoms with van der Waals surface area (Å²) in [5, 5.41) is 2.70. The molecular weight excluding hydrogens is 342 g/mol. The Balaban J connectivity index is 2.02. The maximum absolute atomic E-state index is 12.0. The highest BCUT2D eigenvalue weighted by atomic mass is 79.9. The molecule has 7 heteroatoms. The first-order valence-corrected chi connectivity index (χ1v) is 6.73. The summed E-state index contributed by atoms with van der Waals surface area (Å²) < 4.78 is 15.1. The number of benzene rings is 1. The topological polar surface area (TPSA) is 77.8 Å². The summed E-state index contributed by atoms with van der Waals surface area (Å²) in [7, 11) is 1.28. The molecule has 110 valence electrons. The van der Waals surface area contributed by atoms with Gasteiger partial charge >= 0.3 is 5.97 Å². The lowest BCUT2D eigenvalue weighted by Gasteiger charge is -2.08. The number of hydrogen-bond acceptors (Lipinski definition) is 5. The minimum atomic E-state index is -0.480. The van der Waals surface area contributed by atoms with E-state index in [2.05, 4.69) is 26.0 Å². The number of anilines is 1. The molecule has 0 bridgehead atoms. The maximum Gasteiger partial charge on any atom is 0.343 e. The van der Waals surface area contributed by atoms with Gasteiger partial charge in [0, 0.05) is 11.8 Å². The third-order valence-electron chi connectivity index (χ3n) is 2.54. The number of carbonyl (C=O) groups is 2. The molecule has 21 heavy (non-hydrogen) atoms. The van der Waals surface area contributed by atoms with E-state index in [1.807, 2.05) is 0 Å². The fourth-order valence-corrected chi connectivity index (χ4v) is 1.94. The summed E-state index contributed by atoms with van der Waals surface area (Å²) in [6, 6.07) is 8.24. The monoisotopic (exact) mass is 353 g/mol. The molecule has 0 radical (unpaired) electrons. The lowest BCUT2D eigenvalue weighted by Crippen LogP contribution is -2.13. The van der Waals surface area contributed by atoms with Crippen molar-refractivity contribution in [2.75, 3.05) is 19.0 Å². The fraction of sp³-hybridized carbons (Fsp3) is 0.143. The van der Waals surface area contributed by atoms with E-state index in [-0.39, 0.29) is 12.5 Å². The molecule has 0 saturated heterocycles. The standard InChI is InChI=1S/C14H12BrNO5/c1-19-12(17)8-21-10-4-2-3-9(7-10)16-14(18)11-5-6-20-13(11)15/h2-7H,8H2,1H3,(H,16,18). The average molecular weight is 354 g/mol. The lowest BCUT2D eigenvalue weighted by atomic mass is 10.2. The molecule has 0 unspecified atom stereocenters. The van der Waals surface area contributed by atoms with Crippen molar-refractivity contribution in [1.82, 2.24) is 0 Å². The van der Waals surface area contributed by atoms with E-state index in [4.69, 9.17) is 9.15 Å². The van der Waals surface area contributed by atoms with Gasteiger partial charge in [-0.05, 0) is 34.1 Å². The number of hydrogen-bond donors (Lipinski definition) is 1. The van der Waals surface area contributed by atoms with Crippen molar-refractivity contribution in [3.05, 3.63) is 46.8 Å². The second kappa shape index (κ2) is 6.94. The minimum absolute atomic E-state index is 0.193. The molecule has 2 aromatic rings. The Labute approximate surface area is 129 Å². The van der Waals surface area contributed by atoms with E-state index in [0.717, 1.165) is 0 Å². The molecule has 0 atom stereocenters. The second-order valence-electron chi connectivity index (χ2n) is 3.95. The fourth-order valence-electron chi connectivity index (χ4n) is 1.52.